The standard InChI is InChI=1S/C9H20NO/c1-8(2,3)10(5)6-9(4,11)7-10/h11H,6-7H2,1-5H3/q+1. The molecular formula is C9H20NO+. The molecule has 11 heavy (non-hydrogen) atoms. The lowest BCUT2D eigenvalue weighted by Gasteiger charge is -2.58. The number of quaternary nitrogens is 1. The second-order valence-electron chi connectivity index (χ2n) is 5.38. The molecule has 2 heteroatoms. The van der Waals surface area contributed by atoms with Gasteiger partial charge in [-0.05, 0) is 27.7 Å². The van der Waals surface area contributed by atoms with E-state index in [9.17, 15) is 5.11 Å². The Morgan fingerprint density at radius 3 is 1.73 bits per heavy atom. The molecule has 1 aliphatic rings. The number of hydrogen-bond acceptors (Lipinski definition) is 1. The van der Waals surface area contributed by atoms with Crippen LogP contribution in [0.4, 0.5) is 0 Å². The Labute approximate surface area is 69.4 Å². The van der Waals surface area contributed by atoms with E-state index in [2.05, 4.69) is 27.8 Å². The molecule has 1 N–H and O–H groups in total. The van der Waals surface area contributed by atoms with Crippen LogP contribution in [0.15, 0.2) is 0 Å². The molecule has 0 bridgehead atoms. The third-order valence-corrected chi connectivity index (χ3v) is 3.00. The van der Waals surface area contributed by atoms with E-state index in [-0.39, 0.29) is 5.54 Å². The number of aliphatic hydroxyl groups is 1. The van der Waals surface area contributed by atoms with Crippen LogP contribution in [0, 0.1) is 0 Å². The second kappa shape index (κ2) is 1.99. The van der Waals surface area contributed by atoms with Crippen LogP contribution >= 0.6 is 0 Å². The highest BCUT2D eigenvalue weighted by Gasteiger charge is 2.54. The van der Waals surface area contributed by atoms with Crippen LogP contribution in [-0.2, 0) is 0 Å². The summed E-state index contributed by atoms with van der Waals surface area (Å²) in [5.74, 6) is 0. The van der Waals surface area contributed by atoms with E-state index in [4.69, 9.17) is 0 Å². The SMILES string of the molecule is CC1(O)C[N+](C)(C(C)(C)C)C1. The molecule has 0 unspecified atom stereocenters. The van der Waals surface area contributed by atoms with Crippen molar-refractivity contribution in [3.8, 4) is 0 Å². The smallest absolute Gasteiger partial charge is 0.159 e. The number of rotatable bonds is 0. The Morgan fingerprint density at radius 1 is 1.27 bits per heavy atom. The van der Waals surface area contributed by atoms with Crippen molar-refractivity contribution in [3.63, 3.8) is 0 Å². The molecule has 1 fully saturated rings. The van der Waals surface area contributed by atoms with Crippen LogP contribution in [-0.4, -0.2) is 40.9 Å². The summed E-state index contributed by atoms with van der Waals surface area (Å²) >= 11 is 0. The van der Waals surface area contributed by atoms with Crippen LogP contribution < -0.4 is 0 Å². The van der Waals surface area contributed by atoms with Gasteiger partial charge in [0.05, 0.1) is 12.6 Å². The highest BCUT2D eigenvalue weighted by Crippen LogP contribution is 2.35. The predicted octanol–water partition coefficient (Wildman–Crippen LogP) is 0.996. The molecule has 1 saturated heterocycles. The minimum atomic E-state index is -0.415. The lowest BCUT2D eigenvalue weighted by Crippen LogP contribution is -2.76. The van der Waals surface area contributed by atoms with Gasteiger partial charge >= 0.3 is 0 Å². The maximum atomic E-state index is 9.60. The molecule has 66 valence electrons. The van der Waals surface area contributed by atoms with Crippen molar-refractivity contribution >= 4 is 0 Å². The van der Waals surface area contributed by atoms with Crippen molar-refractivity contribution < 1.29 is 9.59 Å². The fourth-order valence-corrected chi connectivity index (χ4v) is 1.93. The topological polar surface area (TPSA) is 20.2 Å². The summed E-state index contributed by atoms with van der Waals surface area (Å²) < 4.78 is 0.986. The third-order valence-electron chi connectivity index (χ3n) is 3.00. The molecule has 0 spiro atoms. The summed E-state index contributed by atoms with van der Waals surface area (Å²) in [5.41, 5.74) is -0.149. The summed E-state index contributed by atoms with van der Waals surface area (Å²) in [7, 11) is 2.21. The van der Waals surface area contributed by atoms with Gasteiger partial charge in [0.15, 0.2) is 5.60 Å². The molecule has 0 aromatic rings. The fraction of sp³-hybridized carbons (Fsp3) is 1.00. The third kappa shape index (κ3) is 1.42. The number of likely N-dealkylation sites (tertiary alicyclic amines) is 1. The van der Waals surface area contributed by atoms with Crippen molar-refractivity contribution in [2.45, 2.75) is 38.8 Å². The van der Waals surface area contributed by atoms with Gasteiger partial charge in [0.2, 0.25) is 0 Å². The lowest BCUT2D eigenvalue weighted by molar-refractivity contribution is -1.00. The molecule has 2 nitrogen and oxygen atoms in total. The van der Waals surface area contributed by atoms with Gasteiger partial charge in [-0.15, -0.1) is 0 Å². The number of hydrogen-bond donors (Lipinski definition) is 1. The number of likely N-dealkylation sites (N-methyl/N-ethyl adjacent to an activating group) is 1. The van der Waals surface area contributed by atoms with Crippen LogP contribution in [0.25, 0.3) is 0 Å². The molecule has 1 rings (SSSR count). The Bertz CT molecular complexity index is 159. The normalized spacial score (nSPS) is 45.3. The average Bonchev–Trinajstić information content (AvgIpc) is 1.55. The number of nitrogens with zero attached hydrogens (tertiary/aromatic N) is 1. The van der Waals surface area contributed by atoms with Gasteiger partial charge < -0.3 is 9.59 Å². The van der Waals surface area contributed by atoms with E-state index in [1.807, 2.05) is 6.92 Å². The van der Waals surface area contributed by atoms with E-state index in [1.54, 1.807) is 0 Å². The van der Waals surface area contributed by atoms with Gasteiger partial charge in [0.25, 0.3) is 0 Å². The van der Waals surface area contributed by atoms with Crippen molar-refractivity contribution in [2.75, 3.05) is 20.1 Å². The molecule has 0 aromatic heterocycles. The summed E-state index contributed by atoms with van der Waals surface area (Å²) in [5, 5.41) is 9.60. The van der Waals surface area contributed by atoms with E-state index in [0.29, 0.717) is 0 Å². The van der Waals surface area contributed by atoms with Crippen LogP contribution in [0.5, 0.6) is 0 Å². The van der Waals surface area contributed by atoms with Gasteiger partial charge in [-0.2, -0.15) is 0 Å². The summed E-state index contributed by atoms with van der Waals surface area (Å²) in [6.07, 6.45) is 0. The quantitative estimate of drug-likeness (QED) is 0.521. The Kier molecular flexibility index (Phi) is 1.63. The molecule has 0 amide bonds. The van der Waals surface area contributed by atoms with Crippen molar-refractivity contribution in [1.29, 1.82) is 0 Å². The summed E-state index contributed by atoms with van der Waals surface area (Å²) in [6, 6.07) is 0. The fourth-order valence-electron chi connectivity index (χ4n) is 1.93. The van der Waals surface area contributed by atoms with Crippen molar-refractivity contribution in [1.82, 2.24) is 0 Å². The maximum absolute atomic E-state index is 9.60. The molecule has 1 heterocycles. The first-order chi connectivity index (χ1) is 4.66. The Morgan fingerprint density at radius 2 is 1.64 bits per heavy atom. The lowest BCUT2D eigenvalue weighted by atomic mass is 9.86. The van der Waals surface area contributed by atoms with Crippen molar-refractivity contribution in [2.24, 2.45) is 0 Å². The predicted molar refractivity (Wildman–Crippen MR) is 46.3 cm³/mol. The minimum absolute atomic E-state index is 0.266. The maximum Gasteiger partial charge on any atom is 0.159 e. The monoisotopic (exact) mass is 158 g/mol. The second-order valence-corrected chi connectivity index (χ2v) is 5.38. The van der Waals surface area contributed by atoms with E-state index < -0.39 is 5.60 Å². The van der Waals surface area contributed by atoms with E-state index in [1.165, 1.54) is 0 Å². The van der Waals surface area contributed by atoms with Gasteiger partial charge in [-0.3, -0.25) is 0 Å². The highest BCUT2D eigenvalue weighted by atomic mass is 16.3. The van der Waals surface area contributed by atoms with Gasteiger partial charge in [0.1, 0.15) is 13.1 Å². The zero-order chi connectivity index (χ0) is 8.91. The molecule has 0 atom stereocenters. The van der Waals surface area contributed by atoms with Crippen LogP contribution in [0.2, 0.25) is 0 Å². The highest BCUT2D eigenvalue weighted by molar-refractivity contribution is 4.85. The Balaban J connectivity index is 2.64. The molecule has 0 saturated carbocycles. The molecule has 1 aliphatic heterocycles. The summed E-state index contributed by atoms with van der Waals surface area (Å²) in [4.78, 5) is 0. The van der Waals surface area contributed by atoms with E-state index in [0.717, 1.165) is 17.6 Å². The van der Waals surface area contributed by atoms with Gasteiger partial charge in [-0.25, -0.2) is 0 Å². The van der Waals surface area contributed by atoms with Crippen LogP contribution in [0.3, 0.4) is 0 Å². The van der Waals surface area contributed by atoms with Crippen LogP contribution in [0.1, 0.15) is 27.7 Å². The molecular weight excluding hydrogens is 138 g/mol. The minimum Gasteiger partial charge on any atom is -0.379 e. The Hall–Kier alpha value is -0.0800. The van der Waals surface area contributed by atoms with Gasteiger partial charge in [-0.1, -0.05) is 0 Å². The largest absolute Gasteiger partial charge is 0.379 e. The molecule has 0 aromatic carbocycles. The zero-order valence-electron chi connectivity index (χ0n) is 8.31. The first kappa shape index (κ1) is 9.01. The molecule has 0 radical (unpaired) electrons. The summed E-state index contributed by atoms with van der Waals surface area (Å²) in [6.45, 7) is 10.4. The first-order valence-electron chi connectivity index (χ1n) is 4.23. The average molecular weight is 158 g/mol. The zero-order valence-corrected chi connectivity index (χ0v) is 8.31. The van der Waals surface area contributed by atoms with Crippen molar-refractivity contribution in [3.05, 3.63) is 0 Å². The molecule has 0 aliphatic carbocycles. The van der Waals surface area contributed by atoms with E-state index >= 15 is 0 Å². The first-order valence-corrected chi connectivity index (χ1v) is 4.23. The van der Waals surface area contributed by atoms with Gasteiger partial charge in [0, 0.05) is 0 Å².